The molecule has 0 aliphatic carbocycles. The molecular weight excluding hydrogens is 184 g/mol. The Hall–Kier alpha value is -0.350. The van der Waals surface area contributed by atoms with Crippen LogP contribution >= 0.6 is 15.9 Å². The van der Waals surface area contributed by atoms with Gasteiger partial charge in [0.2, 0.25) is 0 Å². The lowest BCUT2D eigenvalue weighted by atomic mass is 10.3. The summed E-state index contributed by atoms with van der Waals surface area (Å²) in [6.07, 6.45) is 0. The van der Waals surface area contributed by atoms with Crippen molar-refractivity contribution in [1.82, 2.24) is 10.2 Å². The number of aryl methyl sites for hydroxylation is 1. The molecule has 0 saturated carbocycles. The molecule has 0 unspecified atom stereocenters. The zero-order chi connectivity index (χ0) is 6.85. The Labute approximate surface area is 61.2 Å². The standard InChI is InChI=1S/C5H7BrN2O/c1-3-4(2-9)5(6)8-7-3/h9H,2H2,1H3,(H,7,8). The van der Waals surface area contributed by atoms with Crippen LogP contribution in [0.15, 0.2) is 4.60 Å². The van der Waals surface area contributed by atoms with Crippen molar-refractivity contribution in [2.45, 2.75) is 13.5 Å². The van der Waals surface area contributed by atoms with E-state index in [0.29, 0.717) is 4.60 Å². The van der Waals surface area contributed by atoms with Gasteiger partial charge >= 0.3 is 0 Å². The van der Waals surface area contributed by atoms with Gasteiger partial charge in [0.1, 0.15) is 4.60 Å². The molecule has 1 heterocycles. The first kappa shape index (κ1) is 6.77. The normalized spacial score (nSPS) is 10.1. The molecule has 1 rings (SSSR count). The van der Waals surface area contributed by atoms with Gasteiger partial charge in [-0.3, -0.25) is 5.10 Å². The fourth-order valence-corrected chi connectivity index (χ4v) is 1.12. The number of aromatic nitrogens is 2. The minimum Gasteiger partial charge on any atom is -0.392 e. The highest BCUT2D eigenvalue weighted by Crippen LogP contribution is 2.15. The number of H-pyrrole nitrogens is 1. The highest BCUT2D eigenvalue weighted by atomic mass is 79.9. The van der Waals surface area contributed by atoms with E-state index < -0.39 is 0 Å². The fourth-order valence-electron chi connectivity index (χ4n) is 0.606. The molecule has 0 amide bonds. The maximum atomic E-state index is 8.70. The summed E-state index contributed by atoms with van der Waals surface area (Å²) in [6, 6.07) is 0. The summed E-state index contributed by atoms with van der Waals surface area (Å²) in [6.45, 7) is 1.90. The first-order valence-corrected chi connectivity index (χ1v) is 3.35. The quantitative estimate of drug-likeness (QED) is 0.694. The predicted molar refractivity (Wildman–Crippen MR) is 36.9 cm³/mol. The third-order valence-corrected chi connectivity index (χ3v) is 1.84. The van der Waals surface area contributed by atoms with Crippen molar-refractivity contribution in [1.29, 1.82) is 0 Å². The lowest BCUT2D eigenvalue weighted by molar-refractivity contribution is 0.280. The van der Waals surface area contributed by atoms with Crippen molar-refractivity contribution in [2.24, 2.45) is 0 Å². The Kier molecular flexibility index (Phi) is 1.87. The second kappa shape index (κ2) is 2.49. The molecule has 0 bridgehead atoms. The van der Waals surface area contributed by atoms with Crippen LogP contribution in [0.3, 0.4) is 0 Å². The van der Waals surface area contributed by atoms with Crippen LogP contribution in [0.2, 0.25) is 0 Å². The number of nitrogens with zero attached hydrogens (tertiary/aromatic N) is 1. The van der Waals surface area contributed by atoms with Gasteiger partial charge in [0, 0.05) is 11.3 Å². The smallest absolute Gasteiger partial charge is 0.133 e. The second-order valence-electron chi connectivity index (χ2n) is 1.78. The molecule has 0 radical (unpaired) electrons. The van der Waals surface area contributed by atoms with E-state index in [0.717, 1.165) is 11.3 Å². The topological polar surface area (TPSA) is 48.9 Å². The molecule has 0 aliphatic rings. The lowest BCUT2D eigenvalue weighted by Crippen LogP contribution is -1.83. The molecule has 0 fully saturated rings. The summed E-state index contributed by atoms with van der Waals surface area (Å²) in [5.74, 6) is 0. The molecular formula is C5H7BrN2O. The van der Waals surface area contributed by atoms with E-state index in [4.69, 9.17) is 5.11 Å². The number of aliphatic hydroxyl groups excluding tert-OH is 1. The minimum absolute atomic E-state index is 0.0307. The van der Waals surface area contributed by atoms with Crippen LogP contribution in [-0.2, 0) is 6.61 Å². The fraction of sp³-hybridized carbons (Fsp3) is 0.400. The highest BCUT2D eigenvalue weighted by molar-refractivity contribution is 9.10. The van der Waals surface area contributed by atoms with Gasteiger partial charge in [-0.15, -0.1) is 0 Å². The van der Waals surface area contributed by atoms with Gasteiger partial charge in [-0.05, 0) is 22.9 Å². The predicted octanol–water partition coefficient (Wildman–Crippen LogP) is 0.973. The van der Waals surface area contributed by atoms with E-state index in [1.165, 1.54) is 0 Å². The maximum absolute atomic E-state index is 8.70. The zero-order valence-corrected chi connectivity index (χ0v) is 6.57. The van der Waals surface area contributed by atoms with Crippen LogP contribution in [-0.4, -0.2) is 15.3 Å². The molecule has 0 aromatic carbocycles. The molecule has 4 heteroatoms. The summed E-state index contributed by atoms with van der Waals surface area (Å²) >= 11 is 3.17. The number of hydrogen-bond donors (Lipinski definition) is 2. The van der Waals surface area contributed by atoms with Crippen LogP contribution in [0.1, 0.15) is 11.3 Å². The minimum atomic E-state index is 0.0307. The van der Waals surface area contributed by atoms with E-state index in [9.17, 15) is 0 Å². The summed E-state index contributed by atoms with van der Waals surface area (Å²) in [5, 5.41) is 15.2. The van der Waals surface area contributed by atoms with Crippen molar-refractivity contribution in [3.05, 3.63) is 15.9 Å². The van der Waals surface area contributed by atoms with Gasteiger partial charge in [-0.2, -0.15) is 5.10 Å². The van der Waals surface area contributed by atoms with Crippen LogP contribution < -0.4 is 0 Å². The Morgan fingerprint density at radius 3 is 2.67 bits per heavy atom. The van der Waals surface area contributed by atoms with Gasteiger partial charge in [0.25, 0.3) is 0 Å². The molecule has 2 N–H and O–H groups in total. The third kappa shape index (κ3) is 1.14. The zero-order valence-electron chi connectivity index (χ0n) is 4.98. The van der Waals surface area contributed by atoms with Gasteiger partial charge < -0.3 is 5.11 Å². The molecule has 1 aromatic rings. The third-order valence-electron chi connectivity index (χ3n) is 1.18. The van der Waals surface area contributed by atoms with Crippen LogP contribution in [0.25, 0.3) is 0 Å². The molecule has 0 spiro atoms. The number of rotatable bonds is 1. The molecule has 0 atom stereocenters. The summed E-state index contributed by atoms with van der Waals surface area (Å²) < 4.78 is 0.697. The Morgan fingerprint density at radius 1 is 1.78 bits per heavy atom. The average molecular weight is 191 g/mol. The number of hydrogen-bond acceptors (Lipinski definition) is 2. The van der Waals surface area contributed by atoms with Crippen molar-refractivity contribution in [3.8, 4) is 0 Å². The van der Waals surface area contributed by atoms with E-state index in [2.05, 4.69) is 26.1 Å². The van der Waals surface area contributed by atoms with Gasteiger partial charge in [0.05, 0.1) is 6.61 Å². The molecule has 0 aliphatic heterocycles. The Balaban J connectivity index is 3.07. The SMILES string of the molecule is Cc1[nH]nc(Br)c1CO. The van der Waals surface area contributed by atoms with Crippen molar-refractivity contribution in [3.63, 3.8) is 0 Å². The van der Waals surface area contributed by atoms with Gasteiger partial charge in [-0.25, -0.2) is 0 Å². The number of nitrogens with one attached hydrogen (secondary N) is 1. The maximum Gasteiger partial charge on any atom is 0.133 e. The van der Waals surface area contributed by atoms with E-state index in [1.807, 2.05) is 6.92 Å². The molecule has 50 valence electrons. The monoisotopic (exact) mass is 190 g/mol. The van der Waals surface area contributed by atoms with Crippen LogP contribution in [0, 0.1) is 6.92 Å². The summed E-state index contributed by atoms with van der Waals surface area (Å²) in [7, 11) is 0. The van der Waals surface area contributed by atoms with Crippen molar-refractivity contribution in [2.75, 3.05) is 0 Å². The van der Waals surface area contributed by atoms with E-state index >= 15 is 0 Å². The number of aromatic amines is 1. The lowest BCUT2D eigenvalue weighted by Gasteiger charge is -1.89. The molecule has 1 aromatic heterocycles. The van der Waals surface area contributed by atoms with Gasteiger partial charge in [0.15, 0.2) is 0 Å². The van der Waals surface area contributed by atoms with E-state index in [1.54, 1.807) is 0 Å². The summed E-state index contributed by atoms with van der Waals surface area (Å²) in [4.78, 5) is 0. The van der Waals surface area contributed by atoms with Crippen molar-refractivity contribution >= 4 is 15.9 Å². The summed E-state index contributed by atoms with van der Waals surface area (Å²) in [5.41, 5.74) is 1.74. The number of aliphatic hydroxyl groups is 1. The number of halogens is 1. The molecule has 9 heavy (non-hydrogen) atoms. The Morgan fingerprint density at radius 2 is 2.44 bits per heavy atom. The largest absolute Gasteiger partial charge is 0.392 e. The van der Waals surface area contributed by atoms with Crippen LogP contribution in [0.4, 0.5) is 0 Å². The first-order valence-electron chi connectivity index (χ1n) is 2.56. The second-order valence-corrected chi connectivity index (χ2v) is 2.53. The highest BCUT2D eigenvalue weighted by Gasteiger charge is 2.03. The Bertz CT molecular complexity index is 189. The molecule has 0 saturated heterocycles. The van der Waals surface area contributed by atoms with Gasteiger partial charge in [-0.1, -0.05) is 0 Å². The van der Waals surface area contributed by atoms with Crippen LogP contribution in [0.5, 0.6) is 0 Å². The first-order chi connectivity index (χ1) is 4.25. The van der Waals surface area contributed by atoms with Crippen molar-refractivity contribution < 1.29 is 5.11 Å². The van der Waals surface area contributed by atoms with E-state index in [-0.39, 0.29) is 6.61 Å². The average Bonchev–Trinajstić information content (AvgIpc) is 2.12. The molecule has 3 nitrogen and oxygen atoms in total.